The van der Waals surface area contributed by atoms with Crippen LogP contribution in [0, 0.1) is 5.41 Å². The van der Waals surface area contributed by atoms with Gasteiger partial charge in [-0.1, -0.05) is 42.5 Å². The van der Waals surface area contributed by atoms with Gasteiger partial charge in [-0.3, -0.25) is 0 Å². The molecule has 0 heterocycles. The number of nitrogens with two attached hydrogens (primary N) is 1. The van der Waals surface area contributed by atoms with Gasteiger partial charge in [-0.15, -0.1) is 11.8 Å². The van der Waals surface area contributed by atoms with Crippen molar-refractivity contribution >= 4 is 11.8 Å². The molecule has 2 aromatic carbocycles. The first-order valence-corrected chi connectivity index (χ1v) is 8.75. The predicted octanol–water partition coefficient (Wildman–Crippen LogP) is 4.30. The Hall–Kier alpha value is -1.25. The van der Waals surface area contributed by atoms with Gasteiger partial charge in [0.05, 0.1) is 0 Å². The van der Waals surface area contributed by atoms with E-state index in [4.69, 9.17) is 5.73 Å². The van der Waals surface area contributed by atoms with E-state index in [1.54, 1.807) is 0 Å². The molecule has 1 unspecified atom stereocenters. The summed E-state index contributed by atoms with van der Waals surface area (Å²) in [4.78, 5) is 1.36. The van der Waals surface area contributed by atoms with Gasteiger partial charge in [0.25, 0.3) is 0 Å². The molecule has 0 radical (unpaired) electrons. The molecule has 0 aliphatic heterocycles. The fourth-order valence-corrected chi connectivity index (χ4v) is 4.38. The molecule has 110 valence electrons. The fraction of sp³-hybridized carbons (Fsp3) is 0.368. The summed E-state index contributed by atoms with van der Waals surface area (Å²) in [6, 6.07) is 19.5. The van der Waals surface area contributed by atoms with E-state index in [9.17, 15) is 0 Å². The molecule has 2 heteroatoms. The molecule has 1 aliphatic rings. The number of fused-ring (bicyclic) bond motifs is 1. The quantitative estimate of drug-likeness (QED) is 0.833. The van der Waals surface area contributed by atoms with Crippen LogP contribution in [0.4, 0.5) is 0 Å². The Morgan fingerprint density at radius 1 is 0.952 bits per heavy atom. The van der Waals surface area contributed by atoms with Crippen LogP contribution in [0.1, 0.15) is 24.0 Å². The lowest BCUT2D eigenvalue weighted by Crippen LogP contribution is -2.37. The van der Waals surface area contributed by atoms with Gasteiger partial charge in [0.2, 0.25) is 0 Å². The van der Waals surface area contributed by atoms with E-state index in [0.29, 0.717) is 5.41 Å². The van der Waals surface area contributed by atoms with Crippen molar-refractivity contribution in [3.8, 4) is 0 Å². The smallest absolute Gasteiger partial charge is 0.00719 e. The number of aryl methyl sites for hydroxylation is 1. The molecule has 2 aromatic rings. The third-order valence-electron chi connectivity index (χ3n) is 4.69. The van der Waals surface area contributed by atoms with Gasteiger partial charge in [0.1, 0.15) is 0 Å². The monoisotopic (exact) mass is 297 g/mol. The maximum absolute atomic E-state index is 6.17. The lowest BCUT2D eigenvalue weighted by molar-refractivity contribution is 0.248. The molecular formula is C19H23NS. The summed E-state index contributed by atoms with van der Waals surface area (Å²) >= 11 is 1.95. The van der Waals surface area contributed by atoms with Crippen molar-refractivity contribution in [3.05, 3.63) is 65.7 Å². The van der Waals surface area contributed by atoms with Crippen LogP contribution in [-0.4, -0.2) is 12.3 Å². The first-order chi connectivity index (χ1) is 10.3. The highest BCUT2D eigenvalue weighted by molar-refractivity contribution is 7.99. The largest absolute Gasteiger partial charge is 0.330 e. The van der Waals surface area contributed by atoms with Crippen LogP contribution in [0.25, 0.3) is 0 Å². The van der Waals surface area contributed by atoms with Crippen LogP contribution in [0.5, 0.6) is 0 Å². The number of hydrogen-bond acceptors (Lipinski definition) is 2. The van der Waals surface area contributed by atoms with E-state index in [-0.39, 0.29) is 0 Å². The van der Waals surface area contributed by atoms with Crippen LogP contribution in [0.3, 0.4) is 0 Å². The van der Waals surface area contributed by atoms with Crippen LogP contribution in [0.2, 0.25) is 0 Å². The zero-order valence-corrected chi connectivity index (χ0v) is 13.2. The summed E-state index contributed by atoms with van der Waals surface area (Å²) in [7, 11) is 0. The highest BCUT2D eigenvalue weighted by Gasteiger charge is 2.32. The maximum Gasteiger partial charge on any atom is 0.00719 e. The average Bonchev–Trinajstić information content (AvgIpc) is 2.56. The fourth-order valence-electron chi connectivity index (χ4n) is 3.26. The summed E-state index contributed by atoms with van der Waals surface area (Å²) in [5.41, 5.74) is 9.51. The van der Waals surface area contributed by atoms with E-state index in [0.717, 1.165) is 18.7 Å². The summed E-state index contributed by atoms with van der Waals surface area (Å²) in [5, 5.41) is 0. The summed E-state index contributed by atoms with van der Waals surface area (Å²) < 4.78 is 0. The molecule has 0 spiro atoms. The molecule has 3 rings (SSSR count). The van der Waals surface area contributed by atoms with Gasteiger partial charge >= 0.3 is 0 Å². The standard InChI is InChI=1S/C19H23NS/c20-15-19(12-13-21-18-8-2-1-3-9-18)11-10-16-6-4-5-7-17(16)14-19/h1-9H,10-15,20H2. The number of thioether (sulfide) groups is 1. The van der Waals surface area contributed by atoms with E-state index < -0.39 is 0 Å². The zero-order chi connectivity index (χ0) is 14.5. The molecule has 0 saturated heterocycles. The zero-order valence-electron chi connectivity index (χ0n) is 12.4. The molecule has 0 fully saturated rings. The van der Waals surface area contributed by atoms with Crippen molar-refractivity contribution < 1.29 is 0 Å². The lowest BCUT2D eigenvalue weighted by Gasteiger charge is -2.37. The van der Waals surface area contributed by atoms with E-state index in [2.05, 4.69) is 54.6 Å². The number of rotatable bonds is 5. The van der Waals surface area contributed by atoms with Gasteiger partial charge < -0.3 is 5.73 Å². The molecular weight excluding hydrogens is 274 g/mol. The average molecular weight is 297 g/mol. The van der Waals surface area contributed by atoms with Crippen molar-refractivity contribution in [1.29, 1.82) is 0 Å². The minimum absolute atomic E-state index is 0.302. The van der Waals surface area contributed by atoms with E-state index in [1.165, 1.54) is 35.3 Å². The summed E-state index contributed by atoms with van der Waals surface area (Å²) in [6.07, 6.45) is 4.77. The number of benzene rings is 2. The SMILES string of the molecule is NCC1(CCSc2ccccc2)CCc2ccccc2C1. The molecule has 1 aliphatic carbocycles. The van der Waals surface area contributed by atoms with Crippen LogP contribution in [-0.2, 0) is 12.8 Å². The van der Waals surface area contributed by atoms with Crippen LogP contribution >= 0.6 is 11.8 Å². The van der Waals surface area contributed by atoms with Crippen LogP contribution in [0.15, 0.2) is 59.5 Å². The molecule has 1 atom stereocenters. The second-order valence-corrected chi connectivity index (χ2v) is 7.23. The van der Waals surface area contributed by atoms with E-state index >= 15 is 0 Å². The van der Waals surface area contributed by atoms with Crippen molar-refractivity contribution in [2.24, 2.45) is 11.1 Å². The van der Waals surface area contributed by atoms with Gasteiger partial charge in [-0.25, -0.2) is 0 Å². The Bertz CT molecular complexity index is 581. The highest BCUT2D eigenvalue weighted by atomic mass is 32.2. The molecule has 21 heavy (non-hydrogen) atoms. The van der Waals surface area contributed by atoms with Crippen molar-refractivity contribution in [1.82, 2.24) is 0 Å². The third-order valence-corrected chi connectivity index (χ3v) is 5.70. The molecule has 2 N–H and O–H groups in total. The van der Waals surface area contributed by atoms with Crippen molar-refractivity contribution in [2.45, 2.75) is 30.6 Å². The van der Waals surface area contributed by atoms with Crippen LogP contribution < -0.4 is 5.73 Å². The highest BCUT2D eigenvalue weighted by Crippen LogP contribution is 2.39. The summed E-state index contributed by atoms with van der Waals surface area (Å²) in [6.45, 7) is 0.802. The van der Waals surface area contributed by atoms with E-state index in [1.807, 2.05) is 11.8 Å². The molecule has 0 bridgehead atoms. The molecule has 0 aromatic heterocycles. The maximum atomic E-state index is 6.17. The molecule has 0 amide bonds. The Labute approximate surface area is 132 Å². The number of hydrogen-bond donors (Lipinski definition) is 1. The van der Waals surface area contributed by atoms with Crippen molar-refractivity contribution in [2.75, 3.05) is 12.3 Å². The Morgan fingerprint density at radius 3 is 2.43 bits per heavy atom. The van der Waals surface area contributed by atoms with Gasteiger partial charge in [-0.2, -0.15) is 0 Å². The van der Waals surface area contributed by atoms with Crippen molar-refractivity contribution in [3.63, 3.8) is 0 Å². The lowest BCUT2D eigenvalue weighted by atomic mass is 9.70. The Morgan fingerprint density at radius 2 is 1.67 bits per heavy atom. The predicted molar refractivity (Wildman–Crippen MR) is 91.7 cm³/mol. The second-order valence-electron chi connectivity index (χ2n) is 6.06. The minimum Gasteiger partial charge on any atom is -0.330 e. The molecule has 0 saturated carbocycles. The Kier molecular flexibility index (Phi) is 4.67. The first kappa shape index (κ1) is 14.7. The normalized spacial score (nSPS) is 21.0. The van der Waals surface area contributed by atoms with Gasteiger partial charge in [0, 0.05) is 4.90 Å². The third kappa shape index (κ3) is 3.50. The first-order valence-electron chi connectivity index (χ1n) is 7.76. The minimum atomic E-state index is 0.302. The second kappa shape index (κ2) is 6.67. The Balaban J connectivity index is 1.63. The topological polar surface area (TPSA) is 26.0 Å². The van der Waals surface area contributed by atoms with Gasteiger partial charge in [-0.05, 0) is 66.7 Å². The van der Waals surface area contributed by atoms with Gasteiger partial charge in [0.15, 0.2) is 0 Å². The molecule has 1 nitrogen and oxygen atoms in total. The summed E-state index contributed by atoms with van der Waals surface area (Å²) in [5.74, 6) is 1.16.